The monoisotopic (exact) mass is 293 g/mol. The van der Waals surface area contributed by atoms with Crippen molar-refractivity contribution in [2.75, 3.05) is 24.5 Å². The summed E-state index contributed by atoms with van der Waals surface area (Å²) in [5.74, 6) is 0. The molecule has 120 valence electrons. The number of hydrogen-bond acceptors (Lipinski definition) is 4. The fraction of sp³-hybridized carbons (Fsp3) is 0.706. The lowest BCUT2D eigenvalue weighted by Gasteiger charge is -2.30. The van der Waals surface area contributed by atoms with E-state index in [1.54, 1.807) is 0 Å². The molecule has 1 heterocycles. The molecular weight excluding hydrogens is 262 g/mol. The van der Waals surface area contributed by atoms with E-state index in [0.717, 1.165) is 37.3 Å². The zero-order chi connectivity index (χ0) is 15.9. The van der Waals surface area contributed by atoms with E-state index in [1.165, 1.54) is 0 Å². The van der Waals surface area contributed by atoms with Gasteiger partial charge in [-0.1, -0.05) is 13.8 Å². The molecule has 0 amide bonds. The van der Waals surface area contributed by atoms with Crippen LogP contribution < -0.4 is 10.2 Å². The van der Waals surface area contributed by atoms with Crippen LogP contribution in [0, 0.1) is 0 Å². The van der Waals surface area contributed by atoms with Crippen molar-refractivity contribution >= 4 is 5.69 Å². The summed E-state index contributed by atoms with van der Waals surface area (Å²) in [7, 11) is 0. The molecular formula is C17H31N3O. The third-order valence-electron chi connectivity index (χ3n) is 3.50. The third-order valence-corrected chi connectivity index (χ3v) is 3.50. The third kappa shape index (κ3) is 6.02. The summed E-state index contributed by atoms with van der Waals surface area (Å²) in [6.45, 7) is 12.6. The molecule has 1 aromatic heterocycles. The lowest BCUT2D eigenvalue weighted by Crippen LogP contribution is -2.38. The number of aromatic nitrogens is 1. The van der Waals surface area contributed by atoms with Crippen molar-refractivity contribution in [1.82, 2.24) is 10.3 Å². The van der Waals surface area contributed by atoms with E-state index in [0.29, 0.717) is 12.6 Å². The molecule has 21 heavy (non-hydrogen) atoms. The van der Waals surface area contributed by atoms with E-state index in [9.17, 15) is 5.11 Å². The molecule has 0 aliphatic heterocycles. The van der Waals surface area contributed by atoms with E-state index >= 15 is 0 Å². The van der Waals surface area contributed by atoms with Crippen LogP contribution in [0.3, 0.4) is 0 Å². The number of hydrogen-bond donors (Lipinski definition) is 2. The Hall–Kier alpha value is -1.13. The average molecular weight is 293 g/mol. The maximum Gasteiger partial charge on any atom is 0.0765 e. The van der Waals surface area contributed by atoms with Crippen LogP contribution in [-0.2, 0) is 0 Å². The highest BCUT2D eigenvalue weighted by Gasteiger charge is 2.18. The molecule has 0 saturated heterocycles. The van der Waals surface area contributed by atoms with Crippen LogP contribution in [0.1, 0.15) is 59.2 Å². The van der Waals surface area contributed by atoms with Gasteiger partial charge in [0, 0.05) is 19.1 Å². The van der Waals surface area contributed by atoms with Gasteiger partial charge < -0.3 is 15.3 Å². The highest BCUT2D eigenvalue weighted by Crippen LogP contribution is 2.20. The Morgan fingerprint density at radius 1 is 1.29 bits per heavy atom. The second-order valence-electron chi connectivity index (χ2n) is 6.18. The molecule has 0 radical (unpaired) electrons. The highest BCUT2D eigenvalue weighted by molar-refractivity contribution is 5.45. The van der Waals surface area contributed by atoms with Crippen molar-refractivity contribution < 1.29 is 5.11 Å². The first-order valence-electron chi connectivity index (χ1n) is 8.07. The molecule has 0 saturated carbocycles. The summed E-state index contributed by atoms with van der Waals surface area (Å²) < 4.78 is 0. The van der Waals surface area contributed by atoms with Gasteiger partial charge in [-0.2, -0.15) is 0 Å². The summed E-state index contributed by atoms with van der Waals surface area (Å²) in [6, 6.07) is 4.52. The maximum atomic E-state index is 9.99. The SMILES string of the molecule is CCCNC(CC)c1ccc(N(CC)CC(C)(C)O)cn1. The van der Waals surface area contributed by atoms with Crippen molar-refractivity contribution in [3.05, 3.63) is 24.0 Å². The maximum absolute atomic E-state index is 9.99. The van der Waals surface area contributed by atoms with Crippen LogP contribution in [0.2, 0.25) is 0 Å². The van der Waals surface area contributed by atoms with Crippen molar-refractivity contribution in [3.8, 4) is 0 Å². The van der Waals surface area contributed by atoms with Gasteiger partial charge in [0.2, 0.25) is 0 Å². The summed E-state index contributed by atoms with van der Waals surface area (Å²) in [4.78, 5) is 6.77. The van der Waals surface area contributed by atoms with Gasteiger partial charge in [0.15, 0.2) is 0 Å². The fourth-order valence-electron chi connectivity index (χ4n) is 2.42. The second-order valence-corrected chi connectivity index (χ2v) is 6.18. The highest BCUT2D eigenvalue weighted by atomic mass is 16.3. The molecule has 4 nitrogen and oxygen atoms in total. The quantitative estimate of drug-likeness (QED) is 0.734. The van der Waals surface area contributed by atoms with Gasteiger partial charge in [-0.25, -0.2) is 0 Å². The number of anilines is 1. The Morgan fingerprint density at radius 3 is 2.43 bits per heavy atom. The topological polar surface area (TPSA) is 48.4 Å². The summed E-state index contributed by atoms with van der Waals surface area (Å²) >= 11 is 0. The van der Waals surface area contributed by atoms with Gasteiger partial charge in [0.25, 0.3) is 0 Å². The minimum Gasteiger partial charge on any atom is -0.389 e. The lowest BCUT2D eigenvalue weighted by atomic mass is 10.1. The summed E-state index contributed by atoms with van der Waals surface area (Å²) in [5, 5.41) is 13.5. The number of rotatable bonds is 9. The van der Waals surface area contributed by atoms with Crippen molar-refractivity contribution in [3.63, 3.8) is 0 Å². The minimum absolute atomic E-state index is 0.323. The summed E-state index contributed by atoms with van der Waals surface area (Å²) in [5.41, 5.74) is 1.45. The number of nitrogens with one attached hydrogen (secondary N) is 1. The van der Waals surface area contributed by atoms with Crippen LogP contribution in [0.4, 0.5) is 5.69 Å². The Balaban J connectivity index is 2.79. The van der Waals surface area contributed by atoms with Crippen molar-refractivity contribution in [2.45, 2.75) is 59.1 Å². The number of aliphatic hydroxyl groups is 1. The predicted molar refractivity (Wildman–Crippen MR) is 89.7 cm³/mol. The van der Waals surface area contributed by atoms with Gasteiger partial charge in [0.05, 0.1) is 23.2 Å². The van der Waals surface area contributed by atoms with E-state index in [4.69, 9.17) is 0 Å². The van der Waals surface area contributed by atoms with Crippen molar-refractivity contribution in [2.24, 2.45) is 0 Å². The first-order valence-corrected chi connectivity index (χ1v) is 8.07. The van der Waals surface area contributed by atoms with E-state index < -0.39 is 5.60 Å². The van der Waals surface area contributed by atoms with Crippen molar-refractivity contribution in [1.29, 1.82) is 0 Å². The minimum atomic E-state index is -0.705. The average Bonchev–Trinajstić information content (AvgIpc) is 2.45. The fourth-order valence-corrected chi connectivity index (χ4v) is 2.42. The molecule has 1 atom stereocenters. The van der Waals surface area contributed by atoms with Gasteiger partial charge in [-0.15, -0.1) is 0 Å². The molecule has 1 aromatic rings. The Bertz CT molecular complexity index is 397. The molecule has 1 rings (SSSR count). The molecule has 1 unspecified atom stereocenters. The second kappa shape index (κ2) is 8.35. The molecule has 2 N–H and O–H groups in total. The van der Waals surface area contributed by atoms with Gasteiger partial charge in [0.1, 0.15) is 0 Å². The molecule has 4 heteroatoms. The molecule has 0 aromatic carbocycles. The lowest BCUT2D eigenvalue weighted by molar-refractivity contribution is 0.0876. The molecule has 0 fully saturated rings. The number of likely N-dealkylation sites (N-methyl/N-ethyl adjacent to an activating group) is 1. The van der Waals surface area contributed by atoms with E-state index in [1.807, 2.05) is 20.0 Å². The predicted octanol–water partition coefficient (Wildman–Crippen LogP) is 3.13. The number of pyridine rings is 1. The Labute approximate surface area is 129 Å². The normalized spacial score (nSPS) is 13.2. The zero-order valence-corrected chi connectivity index (χ0v) is 14.2. The van der Waals surface area contributed by atoms with Crippen LogP contribution in [0.25, 0.3) is 0 Å². The number of nitrogens with zero attached hydrogens (tertiary/aromatic N) is 2. The molecule has 0 bridgehead atoms. The zero-order valence-electron chi connectivity index (χ0n) is 14.2. The van der Waals surface area contributed by atoms with Gasteiger partial charge in [-0.05, 0) is 52.3 Å². The van der Waals surface area contributed by atoms with Gasteiger partial charge in [-0.3, -0.25) is 4.98 Å². The van der Waals surface area contributed by atoms with Crippen LogP contribution in [-0.4, -0.2) is 35.3 Å². The van der Waals surface area contributed by atoms with E-state index in [2.05, 4.69) is 48.1 Å². The standard InChI is InChI=1S/C17H31N3O/c1-6-11-18-15(7-2)16-10-9-14(12-19-16)20(8-3)13-17(4,5)21/h9-10,12,15,18,21H,6-8,11,13H2,1-5H3. The molecule has 0 aliphatic rings. The Kier molecular flexibility index (Phi) is 7.12. The molecule has 0 aliphatic carbocycles. The molecule has 0 spiro atoms. The van der Waals surface area contributed by atoms with E-state index in [-0.39, 0.29) is 0 Å². The summed E-state index contributed by atoms with van der Waals surface area (Å²) in [6.07, 6.45) is 4.08. The Morgan fingerprint density at radius 2 is 2.00 bits per heavy atom. The van der Waals surface area contributed by atoms with Crippen LogP contribution in [0.15, 0.2) is 18.3 Å². The van der Waals surface area contributed by atoms with Crippen LogP contribution >= 0.6 is 0 Å². The van der Waals surface area contributed by atoms with Crippen LogP contribution in [0.5, 0.6) is 0 Å². The first kappa shape index (κ1) is 17.9. The smallest absolute Gasteiger partial charge is 0.0765 e. The largest absolute Gasteiger partial charge is 0.389 e. The first-order chi connectivity index (χ1) is 9.91. The van der Waals surface area contributed by atoms with Gasteiger partial charge >= 0.3 is 0 Å².